The summed E-state index contributed by atoms with van der Waals surface area (Å²) in [5.74, 6) is 0.728. The Bertz CT molecular complexity index is 144. The highest BCUT2D eigenvalue weighted by atomic mass is 32.2. The number of nitro groups is 1. The van der Waals surface area contributed by atoms with Crippen LogP contribution in [0, 0.1) is 10.1 Å². The molecule has 0 bridgehead atoms. The van der Waals surface area contributed by atoms with Crippen molar-refractivity contribution in [2.24, 2.45) is 0 Å². The summed E-state index contributed by atoms with van der Waals surface area (Å²) in [5, 5.41) is 13.9. The number of hydrogen-bond donors (Lipinski definition) is 1. The number of thioether (sulfide) groups is 1. The molecule has 0 aromatic carbocycles. The molecule has 0 spiro atoms. The van der Waals surface area contributed by atoms with E-state index in [9.17, 15) is 10.1 Å². The van der Waals surface area contributed by atoms with E-state index < -0.39 is 4.92 Å². The number of rotatable bonds is 1. The quantitative estimate of drug-likeness (QED) is 0.413. The van der Waals surface area contributed by atoms with Crippen LogP contribution in [-0.2, 0) is 0 Å². The molecule has 0 fully saturated rings. The van der Waals surface area contributed by atoms with Crippen molar-refractivity contribution in [3.8, 4) is 0 Å². The van der Waals surface area contributed by atoms with Gasteiger partial charge < -0.3 is 10.1 Å². The summed E-state index contributed by atoms with van der Waals surface area (Å²) in [4.78, 5) is 9.43. The highest BCUT2D eigenvalue weighted by molar-refractivity contribution is 8.02. The zero-order valence-electron chi connectivity index (χ0n) is 3.96. The fraction of sp³-hybridized carbons (Fsp3) is 0.333. The van der Waals surface area contributed by atoms with Crippen LogP contribution in [0.2, 0.25) is 0 Å². The van der Waals surface area contributed by atoms with Gasteiger partial charge in [0, 0.05) is 0 Å². The second-order valence-electron chi connectivity index (χ2n) is 1.25. The van der Waals surface area contributed by atoms with Gasteiger partial charge in [-0.25, -0.2) is 0 Å². The summed E-state index contributed by atoms with van der Waals surface area (Å²) in [5.41, 5.74) is 0. The van der Waals surface area contributed by atoms with Gasteiger partial charge in [-0.15, -0.1) is 0 Å². The molecule has 1 N–H and O–H groups in total. The standard InChI is InChI=1S/C3H4N2O2S/c6-5(7)3-1-8-2-4-3/h1,4H,2H2. The first kappa shape index (κ1) is 5.43. The van der Waals surface area contributed by atoms with Gasteiger partial charge in [0.05, 0.1) is 5.41 Å². The molecule has 8 heavy (non-hydrogen) atoms. The Balaban J connectivity index is 2.57. The molecule has 0 radical (unpaired) electrons. The van der Waals surface area contributed by atoms with Gasteiger partial charge in [0.1, 0.15) is 5.88 Å². The SMILES string of the molecule is O=[N+]([O-])C1=CSCN1. The second kappa shape index (κ2) is 2.04. The molecular formula is C3H4N2O2S. The van der Waals surface area contributed by atoms with Crippen LogP contribution >= 0.6 is 11.8 Å². The predicted molar refractivity (Wildman–Crippen MR) is 30.7 cm³/mol. The fourth-order valence-corrected chi connectivity index (χ4v) is 1.03. The normalized spacial score (nSPS) is 17.2. The van der Waals surface area contributed by atoms with Gasteiger partial charge >= 0.3 is 5.82 Å². The zero-order chi connectivity index (χ0) is 5.98. The van der Waals surface area contributed by atoms with E-state index in [0.717, 1.165) is 0 Å². The third-order valence-corrected chi connectivity index (χ3v) is 1.43. The van der Waals surface area contributed by atoms with Gasteiger partial charge in [0.25, 0.3) is 0 Å². The van der Waals surface area contributed by atoms with Crippen molar-refractivity contribution in [2.45, 2.75) is 0 Å². The topological polar surface area (TPSA) is 55.2 Å². The molecule has 0 atom stereocenters. The molecule has 0 saturated carbocycles. The molecule has 0 unspecified atom stereocenters. The lowest BCUT2D eigenvalue weighted by Crippen LogP contribution is -2.13. The van der Waals surface area contributed by atoms with Crippen molar-refractivity contribution in [1.82, 2.24) is 5.32 Å². The molecular weight excluding hydrogens is 128 g/mol. The van der Waals surface area contributed by atoms with E-state index in [1.54, 1.807) is 0 Å². The second-order valence-corrected chi connectivity index (χ2v) is 2.11. The van der Waals surface area contributed by atoms with E-state index in [4.69, 9.17) is 0 Å². The van der Waals surface area contributed by atoms with Gasteiger partial charge in [0.2, 0.25) is 0 Å². The molecule has 0 saturated heterocycles. The molecule has 0 amide bonds. The average Bonchev–Trinajstić information content (AvgIpc) is 2.12. The summed E-state index contributed by atoms with van der Waals surface area (Å²) in [6, 6.07) is 0. The summed E-state index contributed by atoms with van der Waals surface area (Å²) >= 11 is 1.40. The maximum Gasteiger partial charge on any atom is 0.323 e. The summed E-state index contributed by atoms with van der Waals surface area (Å²) in [7, 11) is 0. The van der Waals surface area contributed by atoms with Crippen molar-refractivity contribution in [1.29, 1.82) is 0 Å². The first-order chi connectivity index (χ1) is 3.80. The average molecular weight is 132 g/mol. The van der Waals surface area contributed by atoms with E-state index in [2.05, 4.69) is 5.32 Å². The molecule has 5 heteroatoms. The van der Waals surface area contributed by atoms with Gasteiger partial charge in [-0.1, -0.05) is 11.8 Å². The minimum atomic E-state index is -0.431. The largest absolute Gasteiger partial charge is 0.358 e. The van der Waals surface area contributed by atoms with Gasteiger partial charge in [-0.3, -0.25) is 5.32 Å². The van der Waals surface area contributed by atoms with Gasteiger partial charge in [-0.05, 0) is 4.92 Å². The van der Waals surface area contributed by atoms with E-state index in [1.165, 1.54) is 17.2 Å². The van der Waals surface area contributed by atoms with Crippen LogP contribution in [0.3, 0.4) is 0 Å². The minimum absolute atomic E-state index is 0.106. The Labute approximate surface area is 50.1 Å². The van der Waals surface area contributed by atoms with Crippen LogP contribution in [-0.4, -0.2) is 10.8 Å². The van der Waals surface area contributed by atoms with E-state index in [0.29, 0.717) is 5.88 Å². The maximum atomic E-state index is 9.86. The first-order valence-electron chi connectivity index (χ1n) is 2.01. The summed E-state index contributed by atoms with van der Waals surface area (Å²) < 4.78 is 0. The number of nitrogens with one attached hydrogen (secondary N) is 1. The highest BCUT2D eigenvalue weighted by Crippen LogP contribution is 2.11. The summed E-state index contributed by atoms with van der Waals surface area (Å²) in [6.45, 7) is 0. The highest BCUT2D eigenvalue weighted by Gasteiger charge is 2.12. The lowest BCUT2D eigenvalue weighted by Gasteiger charge is -1.90. The van der Waals surface area contributed by atoms with Crippen molar-refractivity contribution in [3.05, 3.63) is 21.3 Å². The number of hydrogen-bond acceptors (Lipinski definition) is 4. The van der Waals surface area contributed by atoms with Crippen LogP contribution in [0.4, 0.5) is 0 Å². The Hall–Kier alpha value is -0.710. The predicted octanol–water partition coefficient (Wildman–Crippen LogP) is 0.356. The van der Waals surface area contributed by atoms with Gasteiger partial charge in [-0.2, -0.15) is 0 Å². The molecule has 1 aliphatic rings. The van der Waals surface area contributed by atoms with E-state index in [-0.39, 0.29) is 5.82 Å². The molecule has 1 heterocycles. The van der Waals surface area contributed by atoms with Crippen LogP contribution in [0.5, 0.6) is 0 Å². The lowest BCUT2D eigenvalue weighted by atomic mass is 10.8. The van der Waals surface area contributed by atoms with Crippen LogP contribution in [0.1, 0.15) is 0 Å². The molecule has 0 aliphatic carbocycles. The minimum Gasteiger partial charge on any atom is -0.358 e. The van der Waals surface area contributed by atoms with Crippen LogP contribution < -0.4 is 5.32 Å². The third kappa shape index (κ3) is 0.919. The molecule has 1 aliphatic heterocycles. The first-order valence-corrected chi connectivity index (χ1v) is 3.05. The van der Waals surface area contributed by atoms with Crippen molar-refractivity contribution < 1.29 is 4.92 Å². The fourth-order valence-electron chi connectivity index (χ4n) is 0.385. The third-order valence-electron chi connectivity index (χ3n) is 0.728. The van der Waals surface area contributed by atoms with Crippen molar-refractivity contribution in [3.63, 3.8) is 0 Å². The summed E-state index contributed by atoms with van der Waals surface area (Å²) in [6.07, 6.45) is 0. The lowest BCUT2D eigenvalue weighted by molar-refractivity contribution is -0.430. The zero-order valence-corrected chi connectivity index (χ0v) is 4.77. The smallest absolute Gasteiger partial charge is 0.323 e. The molecule has 4 nitrogen and oxygen atoms in total. The Morgan fingerprint density at radius 3 is 3.00 bits per heavy atom. The van der Waals surface area contributed by atoms with E-state index >= 15 is 0 Å². The van der Waals surface area contributed by atoms with Crippen molar-refractivity contribution >= 4 is 11.8 Å². The Kier molecular flexibility index (Phi) is 1.38. The van der Waals surface area contributed by atoms with E-state index in [1.807, 2.05) is 0 Å². The molecule has 0 aromatic heterocycles. The van der Waals surface area contributed by atoms with Crippen LogP contribution in [0.15, 0.2) is 11.2 Å². The maximum absolute atomic E-state index is 9.86. The van der Waals surface area contributed by atoms with Crippen LogP contribution in [0.25, 0.3) is 0 Å². The van der Waals surface area contributed by atoms with Gasteiger partial charge in [0.15, 0.2) is 0 Å². The number of nitrogens with zero attached hydrogens (tertiary/aromatic N) is 1. The Morgan fingerprint density at radius 1 is 2.00 bits per heavy atom. The molecule has 44 valence electrons. The monoisotopic (exact) mass is 132 g/mol. The Morgan fingerprint density at radius 2 is 2.75 bits per heavy atom. The van der Waals surface area contributed by atoms with Crippen molar-refractivity contribution in [2.75, 3.05) is 5.88 Å². The molecule has 1 rings (SSSR count). The molecule has 0 aromatic rings.